The van der Waals surface area contributed by atoms with Crippen LogP contribution in [0.4, 0.5) is 5.69 Å². The lowest BCUT2D eigenvalue weighted by Crippen LogP contribution is -2.42. The maximum atomic E-state index is 11.7. The van der Waals surface area contributed by atoms with Crippen molar-refractivity contribution in [3.05, 3.63) is 23.8 Å². The fraction of sp³-hybridized carbons (Fsp3) is 0.250. The number of nitrogens with one attached hydrogen (secondary N) is 1. The molecule has 0 bridgehead atoms. The fourth-order valence-corrected chi connectivity index (χ4v) is 1.60. The van der Waals surface area contributed by atoms with Gasteiger partial charge in [-0.15, -0.1) is 0 Å². The first-order valence-electron chi connectivity index (χ1n) is 5.57. The van der Waals surface area contributed by atoms with Gasteiger partial charge in [0.2, 0.25) is 5.91 Å². The molecule has 0 spiro atoms. The van der Waals surface area contributed by atoms with Crippen LogP contribution >= 0.6 is 12.6 Å². The van der Waals surface area contributed by atoms with Crippen LogP contribution in [0.15, 0.2) is 18.2 Å². The fourth-order valence-electron chi connectivity index (χ4n) is 1.36. The van der Waals surface area contributed by atoms with Gasteiger partial charge in [-0.25, -0.2) is 9.59 Å². The maximum Gasteiger partial charge on any atom is 0.349 e. The van der Waals surface area contributed by atoms with Gasteiger partial charge in [-0.2, -0.15) is 12.6 Å². The van der Waals surface area contributed by atoms with Gasteiger partial charge in [0.25, 0.3) is 0 Å². The predicted octanol–water partition coefficient (Wildman–Crippen LogP) is 0.0923. The Morgan fingerprint density at radius 1 is 1.45 bits per heavy atom. The zero-order valence-electron chi connectivity index (χ0n) is 10.6. The number of rotatable bonds is 4. The van der Waals surface area contributed by atoms with E-state index in [1.807, 2.05) is 0 Å². The number of aromatic hydroxyl groups is 1. The Balaban J connectivity index is 2.79. The van der Waals surface area contributed by atoms with Gasteiger partial charge in [0.1, 0.15) is 17.4 Å². The van der Waals surface area contributed by atoms with E-state index in [0.717, 1.165) is 6.07 Å². The van der Waals surface area contributed by atoms with Crippen LogP contribution in [0.3, 0.4) is 0 Å². The number of nitrogen functional groups attached to an aromatic ring is 1. The van der Waals surface area contributed by atoms with Crippen molar-refractivity contribution in [3.63, 3.8) is 0 Å². The Morgan fingerprint density at radius 3 is 2.60 bits per heavy atom. The molecule has 0 aliphatic heterocycles. The molecule has 8 heteroatoms. The Hall–Kier alpha value is -2.22. The highest BCUT2D eigenvalue weighted by atomic mass is 32.1. The second-order valence-corrected chi connectivity index (χ2v) is 4.29. The molecule has 4 N–H and O–H groups in total. The van der Waals surface area contributed by atoms with E-state index in [1.165, 1.54) is 19.1 Å². The lowest BCUT2D eigenvalue weighted by Gasteiger charge is -2.13. The summed E-state index contributed by atoms with van der Waals surface area (Å²) >= 11 is 3.88. The molecule has 0 aromatic heterocycles. The largest absolute Gasteiger partial charge is 0.507 e. The Kier molecular flexibility index (Phi) is 5.39. The molecular formula is C12H14N2O5S. The first-order chi connectivity index (χ1) is 9.35. The van der Waals surface area contributed by atoms with Crippen molar-refractivity contribution in [1.82, 2.24) is 5.32 Å². The highest BCUT2D eigenvalue weighted by Gasteiger charge is 2.24. The minimum Gasteiger partial charge on any atom is -0.507 e. The Morgan fingerprint density at radius 2 is 2.10 bits per heavy atom. The third-order valence-electron chi connectivity index (χ3n) is 2.28. The molecule has 7 nitrogen and oxygen atoms in total. The van der Waals surface area contributed by atoms with Gasteiger partial charge < -0.3 is 20.9 Å². The molecule has 0 aliphatic rings. The SMILES string of the molecule is CC(=O)NC(CS)C(=O)OC(=O)c1ccc(N)cc1O. The third-order valence-corrected chi connectivity index (χ3v) is 2.64. The summed E-state index contributed by atoms with van der Waals surface area (Å²) in [6, 6.07) is 2.72. The number of benzene rings is 1. The summed E-state index contributed by atoms with van der Waals surface area (Å²) in [6.45, 7) is 1.22. The van der Waals surface area contributed by atoms with Crippen LogP contribution in [0, 0.1) is 0 Å². The molecule has 1 aromatic rings. The van der Waals surface area contributed by atoms with Crippen molar-refractivity contribution in [1.29, 1.82) is 0 Å². The quantitative estimate of drug-likeness (QED) is 0.271. The van der Waals surface area contributed by atoms with E-state index >= 15 is 0 Å². The summed E-state index contributed by atoms with van der Waals surface area (Å²) in [5.74, 6) is -2.88. The molecule has 1 unspecified atom stereocenters. The zero-order chi connectivity index (χ0) is 15.3. The number of thiol groups is 1. The molecule has 20 heavy (non-hydrogen) atoms. The Bertz CT molecular complexity index is 547. The molecule has 0 fully saturated rings. The summed E-state index contributed by atoms with van der Waals surface area (Å²) in [4.78, 5) is 34.2. The van der Waals surface area contributed by atoms with E-state index in [0.29, 0.717) is 0 Å². The average Bonchev–Trinajstić information content (AvgIpc) is 2.35. The highest BCUT2D eigenvalue weighted by molar-refractivity contribution is 7.80. The van der Waals surface area contributed by atoms with Gasteiger partial charge >= 0.3 is 11.9 Å². The zero-order valence-corrected chi connectivity index (χ0v) is 11.5. The van der Waals surface area contributed by atoms with E-state index in [2.05, 4.69) is 22.7 Å². The summed E-state index contributed by atoms with van der Waals surface area (Å²) in [6.07, 6.45) is 0. The Labute approximate surface area is 120 Å². The van der Waals surface area contributed by atoms with Gasteiger partial charge in [0, 0.05) is 24.4 Å². The number of nitrogens with two attached hydrogens (primary N) is 1. The van der Waals surface area contributed by atoms with Crippen LogP contribution in [0.2, 0.25) is 0 Å². The van der Waals surface area contributed by atoms with Crippen LogP contribution < -0.4 is 11.1 Å². The molecular weight excluding hydrogens is 284 g/mol. The second-order valence-electron chi connectivity index (χ2n) is 3.92. The third kappa shape index (κ3) is 4.16. The minimum atomic E-state index is -1.05. The maximum absolute atomic E-state index is 11.7. The molecule has 0 heterocycles. The normalized spacial score (nSPS) is 11.5. The van der Waals surface area contributed by atoms with Crippen molar-refractivity contribution in [3.8, 4) is 5.75 Å². The van der Waals surface area contributed by atoms with Crippen molar-refractivity contribution in [2.75, 3.05) is 11.5 Å². The van der Waals surface area contributed by atoms with Crippen molar-refractivity contribution in [2.45, 2.75) is 13.0 Å². The van der Waals surface area contributed by atoms with Crippen molar-refractivity contribution >= 4 is 36.2 Å². The molecule has 108 valence electrons. The summed E-state index contributed by atoms with van der Waals surface area (Å²) in [5.41, 5.74) is 5.48. The number of phenolic OH excluding ortho intramolecular Hbond substituents is 1. The first kappa shape index (κ1) is 15.8. The topological polar surface area (TPSA) is 119 Å². The van der Waals surface area contributed by atoms with E-state index < -0.39 is 29.6 Å². The smallest absolute Gasteiger partial charge is 0.349 e. The average molecular weight is 298 g/mol. The molecule has 1 amide bonds. The van der Waals surface area contributed by atoms with E-state index in [-0.39, 0.29) is 17.0 Å². The van der Waals surface area contributed by atoms with Gasteiger partial charge in [-0.05, 0) is 12.1 Å². The van der Waals surface area contributed by atoms with Crippen molar-refractivity contribution < 1.29 is 24.2 Å². The van der Waals surface area contributed by atoms with Crippen LogP contribution in [0.25, 0.3) is 0 Å². The molecule has 0 radical (unpaired) electrons. The van der Waals surface area contributed by atoms with E-state index in [9.17, 15) is 19.5 Å². The van der Waals surface area contributed by atoms with Crippen molar-refractivity contribution in [2.24, 2.45) is 0 Å². The minimum absolute atomic E-state index is 0.0284. The lowest BCUT2D eigenvalue weighted by atomic mass is 10.2. The van der Waals surface area contributed by atoms with Crippen LogP contribution in [0.5, 0.6) is 5.75 Å². The highest BCUT2D eigenvalue weighted by Crippen LogP contribution is 2.21. The molecule has 0 saturated heterocycles. The number of hydrogen-bond acceptors (Lipinski definition) is 7. The molecule has 1 rings (SSSR count). The second kappa shape index (κ2) is 6.80. The van der Waals surface area contributed by atoms with Gasteiger partial charge in [0.05, 0.1) is 0 Å². The van der Waals surface area contributed by atoms with Crippen LogP contribution in [-0.2, 0) is 14.3 Å². The number of amides is 1. The first-order valence-corrected chi connectivity index (χ1v) is 6.21. The number of anilines is 1. The predicted molar refractivity (Wildman–Crippen MR) is 74.4 cm³/mol. The van der Waals surface area contributed by atoms with Crippen LogP contribution in [0.1, 0.15) is 17.3 Å². The molecule has 0 aliphatic carbocycles. The summed E-state index contributed by atoms with van der Waals surface area (Å²) < 4.78 is 4.57. The van der Waals surface area contributed by atoms with Gasteiger partial charge in [-0.3, -0.25) is 4.79 Å². The molecule has 1 aromatic carbocycles. The monoisotopic (exact) mass is 298 g/mol. The number of phenols is 1. The molecule has 1 atom stereocenters. The number of ether oxygens (including phenoxy) is 1. The number of carbonyl (C=O) groups excluding carboxylic acids is 3. The van der Waals surface area contributed by atoms with Crippen LogP contribution in [-0.4, -0.2) is 34.7 Å². The van der Waals surface area contributed by atoms with Gasteiger partial charge in [0.15, 0.2) is 0 Å². The summed E-state index contributed by atoms with van der Waals surface area (Å²) in [7, 11) is 0. The number of esters is 2. The van der Waals surface area contributed by atoms with Gasteiger partial charge in [-0.1, -0.05) is 0 Å². The lowest BCUT2D eigenvalue weighted by molar-refractivity contribution is -0.141. The standard InChI is InChI=1S/C12H14N2O5S/c1-6(15)14-9(5-20)12(18)19-11(17)8-3-2-7(13)4-10(8)16/h2-4,9,16,20H,5,13H2,1H3,(H,14,15). The van der Waals surface area contributed by atoms with E-state index in [1.54, 1.807) is 0 Å². The molecule has 0 saturated carbocycles. The number of hydrogen-bond donors (Lipinski definition) is 4. The van der Waals surface area contributed by atoms with E-state index in [4.69, 9.17) is 5.73 Å². The summed E-state index contributed by atoms with van der Waals surface area (Å²) in [5, 5.41) is 11.8. The number of carbonyl (C=O) groups is 3.